The van der Waals surface area contributed by atoms with E-state index in [1.807, 2.05) is 19.9 Å². The van der Waals surface area contributed by atoms with E-state index in [0.717, 1.165) is 36.5 Å². The molecule has 2 N–H and O–H groups in total. The first-order valence-electron chi connectivity index (χ1n) is 6.97. The average Bonchev–Trinajstić information content (AvgIpc) is 2.54. The molecule has 0 spiro atoms. The second kappa shape index (κ2) is 5.49. The first-order chi connectivity index (χ1) is 9.53. The van der Waals surface area contributed by atoms with E-state index >= 15 is 0 Å². The number of H-pyrrole nitrogens is 1. The van der Waals surface area contributed by atoms with Crippen LogP contribution in [0.4, 0.5) is 0 Å². The molecule has 2 rings (SSSR count). The number of hydrogen-bond donors (Lipinski definition) is 2. The van der Waals surface area contributed by atoms with Gasteiger partial charge >= 0.3 is 0 Å². The minimum atomic E-state index is -0.627. The fourth-order valence-corrected chi connectivity index (χ4v) is 2.77. The van der Waals surface area contributed by atoms with Crippen molar-refractivity contribution in [3.63, 3.8) is 0 Å². The second-order valence-electron chi connectivity index (χ2n) is 4.82. The summed E-state index contributed by atoms with van der Waals surface area (Å²) in [5.74, 6) is -0.538. The molecular weight excluding hydrogens is 254 g/mol. The van der Waals surface area contributed by atoms with Crippen LogP contribution in [0.5, 0.6) is 5.75 Å². The SMILES string of the molecule is CCc1cc2c(=O)cc(O)c(=O)[nH]c2c(CC)c1CC. The van der Waals surface area contributed by atoms with E-state index in [1.165, 1.54) is 5.56 Å². The number of aryl methyl sites for hydroxylation is 2. The maximum atomic E-state index is 12.2. The van der Waals surface area contributed by atoms with Crippen LogP contribution in [0, 0.1) is 0 Å². The summed E-state index contributed by atoms with van der Waals surface area (Å²) in [6, 6.07) is 2.83. The molecule has 0 aliphatic carbocycles. The van der Waals surface area contributed by atoms with Crippen molar-refractivity contribution in [2.24, 2.45) is 0 Å². The minimum absolute atomic E-state index is 0.331. The molecule has 1 heterocycles. The molecule has 20 heavy (non-hydrogen) atoms. The van der Waals surface area contributed by atoms with E-state index in [9.17, 15) is 14.7 Å². The van der Waals surface area contributed by atoms with Crippen LogP contribution >= 0.6 is 0 Å². The van der Waals surface area contributed by atoms with Gasteiger partial charge in [-0.15, -0.1) is 0 Å². The normalized spacial score (nSPS) is 10.9. The number of hydrogen-bond acceptors (Lipinski definition) is 3. The molecule has 0 saturated carbocycles. The van der Waals surface area contributed by atoms with Gasteiger partial charge in [0, 0.05) is 11.5 Å². The molecule has 0 atom stereocenters. The van der Waals surface area contributed by atoms with E-state index in [0.29, 0.717) is 10.9 Å². The van der Waals surface area contributed by atoms with Crippen LogP contribution in [0.1, 0.15) is 37.5 Å². The van der Waals surface area contributed by atoms with Gasteiger partial charge in [0.1, 0.15) is 0 Å². The Morgan fingerprint density at radius 2 is 1.65 bits per heavy atom. The van der Waals surface area contributed by atoms with Gasteiger partial charge < -0.3 is 10.1 Å². The lowest BCUT2D eigenvalue weighted by molar-refractivity contribution is 0.468. The van der Waals surface area contributed by atoms with Gasteiger partial charge in [-0.05, 0) is 42.0 Å². The monoisotopic (exact) mass is 273 g/mol. The molecule has 0 radical (unpaired) electrons. The summed E-state index contributed by atoms with van der Waals surface area (Å²) >= 11 is 0. The highest BCUT2D eigenvalue weighted by Gasteiger charge is 2.13. The summed E-state index contributed by atoms with van der Waals surface area (Å²) in [6.45, 7) is 6.12. The Morgan fingerprint density at radius 1 is 1.00 bits per heavy atom. The van der Waals surface area contributed by atoms with E-state index in [1.54, 1.807) is 0 Å². The molecule has 0 aliphatic heterocycles. The zero-order valence-corrected chi connectivity index (χ0v) is 12.0. The highest BCUT2D eigenvalue weighted by atomic mass is 16.3. The summed E-state index contributed by atoms with van der Waals surface area (Å²) in [6.07, 6.45) is 2.41. The molecule has 0 unspecified atom stereocenters. The van der Waals surface area contributed by atoms with Crippen LogP contribution in [-0.2, 0) is 19.3 Å². The first kappa shape index (κ1) is 14.3. The van der Waals surface area contributed by atoms with Crippen LogP contribution in [0.3, 0.4) is 0 Å². The molecule has 2 aromatic rings. The smallest absolute Gasteiger partial charge is 0.290 e. The predicted molar refractivity (Wildman–Crippen MR) is 80.6 cm³/mol. The lowest BCUT2D eigenvalue weighted by Gasteiger charge is -2.13. The van der Waals surface area contributed by atoms with Crippen molar-refractivity contribution in [3.8, 4) is 5.75 Å². The largest absolute Gasteiger partial charge is 0.503 e. The lowest BCUT2D eigenvalue weighted by Crippen LogP contribution is -2.06. The maximum absolute atomic E-state index is 12.2. The van der Waals surface area contributed by atoms with Crippen molar-refractivity contribution in [2.45, 2.75) is 40.0 Å². The Morgan fingerprint density at radius 3 is 2.20 bits per heavy atom. The third-order valence-corrected chi connectivity index (χ3v) is 3.73. The molecule has 1 aromatic heterocycles. The summed E-state index contributed by atoms with van der Waals surface area (Å²) in [5, 5.41) is 10.0. The molecule has 106 valence electrons. The highest BCUT2D eigenvalue weighted by Crippen LogP contribution is 2.24. The van der Waals surface area contributed by atoms with E-state index in [2.05, 4.69) is 11.9 Å². The van der Waals surface area contributed by atoms with Crippen molar-refractivity contribution in [3.05, 3.63) is 49.4 Å². The number of aromatic amines is 1. The third kappa shape index (κ3) is 2.22. The van der Waals surface area contributed by atoms with E-state index in [-0.39, 0.29) is 5.43 Å². The molecule has 0 amide bonds. The number of nitrogens with one attached hydrogen (secondary N) is 1. The van der Waals surface area contributed by atoms with Crippen LogP contribution in [0.15, 0.2) is 21.7 Å². The fourth-order valence-electron chi connectivity index (χ4n) is 2.77. The van der Waals surface area contributed by atoms with Gasteiger partial charge in [0.05, 0.1) is 5.52 Å². The molecule has 0 fully saturated rings. The first-order valence-corrected chi connectivity index (χ1v) is 6.97. The number of fused-ring (bicyclic) bond motifs is 1. The van der Waals surface area contributed by atoms with Crippen LogP contribution in [0.25, 0.3) is 10.9 Å². The summed E-state index contributed by atoms with van der Waals surface area (Å²) in [7, 11) is 0. The Kier molecular flexibility index (Phi) is 3.93. The number of aromatic hydroxyl groups is 1. The summed E-state index contributed by atoms with van der Waals surface area (Å²) < 4.78 is 0. The van der Waals surface area contributed by atoms with Crippen LogP contribution < -0.4 is 11.0 Å². The topological polar surface area (TPSA) is 70.2 Å². The Hall–Kier alpha value is -2.10. The van der Waals surface area contributed by atoms with Crippen LogP contribution in [0.2, 0.25) is 0 Å². The van der Waals surface area contributed by atoms with E-state index < -0.39 is 11.3 Å². The predicted octanol–water partition coefficient (Wildman–Crippen LogP) is 2.28. The minimum Gasteiger partial charge on any atom is -0.503 e. The van der Waals surface area contributed by atoms with Gasteiger partial charge in [0.2, 0.25) is 0 Å². The highest BCUT2D eigenvalue weighted by molar-refractivity contribution is 5.84. The van der Waals surface area contributed by atoms with Crippen molar-refractivity contribution >= 4 is 10.9 Å². The molecule has 0 bridgehead atoms. The third-order valence-electron chi connectivity index (χ3n) is 3.73. The summed E-state index contributed by atoms with van der Waals surface area (Å²) in [5.41, 5.74) is 2.90. The van der Waals surface area contributed by atoms with Crippen LogP contribution in [-0.4, -0.2) is 10.1 Å². The Labute approximate surface area is 117 Å². The van der Waals surface area contributed by atoms with Gasteiger partial charge in [-0.1, -0.05) is 20.8 Å². The molecule has 0 saturated heterocycles. The fraction of sp³-hybridized carbons (Fsp3) is 0.375. The van der Waals surface area contributed by atoms with Crippen molar-refractivity contribution in [1.29, 1.82) is 0 Å². The molecule has 4 heteroatoms. The van der Waals surface area contributed by atoms with Gasteiger partial charge in [0.25, 0.3) is 5.56 Å². The molecular formula is C16H19NO3. The zero-order chi connectivity index (χ0) is 14.9. The van der Waals surface area contributed by atoms with Gasteiger partial charge in [-0.2, -0.15) is 0 Å². The lowest BCUT2D eigenvalue weighted by atomic mass is 9.93. The van der Waals surface area contributed by atoms with Gasteiger partial charge in [-0.3, -0.25) is 9.59 Å². The molecule has 4 nitrogen and oxygen atoms in total. The van der Waals surface area contributed by atoms with E-state index in [4.69, 9.17) is 0 Å². The van der Waals surface area contributed by atoms with Crippen molar-refractivity contribution in [2.75, 3.05) is 0 Å². The van der Waals surface area contributed by atoms with Crippen molar-refractivity contribution < 1.29 is 5.11 Å². The average molecular weight is 273 g/mol. The number of benzene rings is 1. The molecule has 1 aromatic carbocycles. The second-order valence-corrected chi connectivity index (χ2v) is 4.82. The van der Waals surface area contributed by atoms with Crippen molar-refractivity contribution in [1.82, 2.24) is 4.98 Å². The maximum Gasteiger partial charge on any atom is 0.290 e. The number of rotatable bonds is 3. The quantitative estimate of drug-likeness (QED) is 0.901. The number of aromatic nitrogens is 1. The van der Waals surface area contributed by atoms with Gasteiger partial charge in [-0.25, -0.2) is 0 Å². The Balaban J connectivity index is 3.12. The molecule has 0 aliphatic rings. The standard InChI is InChI=1S/C16H19NO3/c1-4-9-7-12-13(18)8-14(19)16(20)17-15(12)11(6-3)10(9)5-2/h7-8,19H,4-6H2,1-3H3,(H,17,20). The zero-order valence-electron chi connectivity index (χ0n) is 12.0. The van der Waals surface area contributed by atoms with Gasteiger partial charge in [0.15, 0.2) is 11.2 Å². The summed E-state index contributed by atoms with van der Waals surface area (Å²) in [4.78, 5) is 26.6. The Bertz CT molecular complexity index is 775.